The predicted octanol–water partition coefficient (Wildman–Crippen LogP) is 2.88. The van der Waals surface area contributed by atoms with Gasteiger partial charge in [-0.3, -0.25) is 4.79 Å². The van der Waals surface area contributed by atoms with Crippen LogP contribution in [0.25, 0.3) is 0 Å². The first-order chi connectivity index (χ1) is 11.5. The fourth-order valence-electron chi connectivity index (χ4n) is 1.98. The molecule has 2 aromatic rings. The monoisotopic (exact) mass is 439 g/mol. The Morgan fingerprint density at radius 3 is 2.88 bits per heavy atom. The van der Waals surface area contributed by atoms with E-state index in [1.54, 1.807) is 12.1 Å². The van der Waals surface area contributed by atoms with Crippen molar-refractivity contribution in [1.82, 2.24) is 5.43 Å². The topological polar surface area (TPSA) is 83.0 Å². The SMILES string of the molecule is COc1cc(/C=N/NC(=O)CNc2cccc(C)c2)cc(I)c1O. The number of rotatable bonds is 6. The van der Waals surface area contributed by atoms with Crippen LogP contribution in [0.1, 0.15) is 11.1 Å². The average Bonchev–Trinajstić information content (AvgIpc) is 2.56. The largest absolute Gasteiger partial charge is 0.504 e. The van der Waals surface area contributed by atoms with E-state index in [0.29, 0.717) is 14.9 Å². The maximum Gasteiger partial charge on any atom is 0.259 e. The summed E-state index contributed by atoms with van der Waals surface area (Å²) < 4.78 is 5.72. The van der Waals surface area contributed by atoms with Crippen LogP contribution in [0, 0.1) is 10.5 Å². The van der Waals surface area contributed by atoms with Gasteiger partial charge in [0.2, 0.25) is 0 Å². The summed E-state index contributed by atoms with van der Waals surface area (Å²) in [7, 11) is 1.48. The number of methoxy groups -OCH3 is 1. The van der Waals surface area contributed by atoms with Crippen molar-refractivity contribution in [2.45, 2.75) is 6.92 Å². The second kappa shape index (κ2) is 8.53. The number of amides is 1. The highest BCUT2D eigenvalue weighted by Gasteiger charge is 2.07. The molecule has 0 aromatic heterocycles. The van der Waals surface area contributed by atoms with Crippen molar-refractivity contribution in [2.24, 2.45) is 5.10 Å². The Kier molecular flexibility index (Phi) is 6.42. The van der Waals surface area contributed by atoms with Crippen LogP contribution in [-0.4, -0.2) is 30.9 Å². The van der Waals surface area contributed by atoms with E-state index in [9.17, 15) is 9.90 Å². The number of hydrazone groups is 1. The van der Waals surface area contributed by atoms with Crippen molar-refractivity contribution < 1.29 is 14.6 Å². The van der Waals surface area contributed by atoms with Crippen LogP contribution in [0.3, 0.4) is 0 Å². The van der Waals surface area contributed by atoms with Gasteiger partial charge in [-0.05, 0) is 64.9 Å². The fourth-order valence-corrected chi connectivity index (χ4v) is 2.61. The lowest BCUT2D eigenvalue weighted by Crippen LogP contribution is -2.25. The normalized spacial score (nSPS) is 10.6. The van der Waals surface area contributed by atoms with Crippen LogP contribution in [-0.2, 0) is 4.79 Å². The highest BCUT2D eigenvalue weighted by molar-refractivity contribution is 14.1. The molecule has 24 heavy (non-hydrogen) atoms. The number of phenolic OH excluding ortho intramolecular Hbond substituents is 1. The van der Waals surface area contributed by atoms with Gasteiger partial charge in [0.15, 0.2) is 11.5 Å². The first-order valence-corrected chi connectivity index (χ1v) is 8.26. The molecule has 0 unspecified atom stereocenters. The molecule has 0 aliphatic carbocycles. The van der Waals surface area contributed by atoms with Gasteiger partial charge in [-0.2, -0.15) is 5.10 Å². The predicted molar refractivity (Wildman–Crippen MR) is 103 cm³/mol. The van der Waals surface area contributed by atoms with E-state index < -0.39 is 0 Å². The lowest BCUT2D eigenvalue weighted by Gasteiger charge is -2.07. The number of carbonyl (C=O) groups is 1. The first-order valence-electron chi connectivity index (χ1n) is 7.18. The third-order valence-electron chi connectivity index (χ3n) is 3.14. The Morgan fingerprint density at radius 1 is 1.38 bits per heavy atom. The van der Waals surface area contributed by atoms with Gasteiger partial charge >= 0.3 is 0 Å². The molecule has 1 amide bonds. The van der Waals surface area contributed by atoms with Crippen molar-refractivity contribution in [2.75, 3.05) is 19.0 Å². The summed E-state index contributed by atoms with van der Waals surface area (Å²) in [6.45, 7) is 2.11. The van der Waals surface area contributed by atoms with Crippen LogP contribution in [0.15, 0.2) is 41.5 Å². The van der Waals surface area contributed by atoms with E-state index in [0.717, 1.165) is 11.3 Å². The molecule has 0 heterocycles. The number of carbonyl (C=O) groups excluding carboxylic acids is 1. The number of anilines is 1. The van der Waals surface area contributed by atoms with Crippen LogP contribution < -0.4 is 15.5 Å². The number of aryl methyl sites for hydroxylation is 1. The third kappa shape index (κ3) is 5.12. The maximum absolute atomic E-state index is 11.8. The van der Waals surface area contributed by atoms with Gasteiger partial charge in [0.25, 0.3) is 5.91 Å². The molecule has 2 aromatic carbocycles. The highest BCUT2D eigenvalue weighted by Crippen LogP contribution is 2.31. The number of halogens is 1. The van der Waals surface area contributed by atoms with Crippen LogP contribution >= 0.6 is 22.6 Å². The standard InChI is InChI=1S/C17H18IN3O3/c1-11-4-3-5-13(6-11)19-10-16(22)21-20-9-12-7-14(18)17(23)15(8-12)24-2/h3-9,19,23H,10H2,1-2H3,(H,21,22)/b20-9+. The Bertz CT molecular complexity index is 763. The summed E-state index contributed by atoms with van der Waals surface area (Å²) in [4.78, 5) is 11.8. The van der Waals surface area contributed by atoms with Crippen molar-refractivity contribution in [3.8, 4) is 11.5 Å². The molecule has 0 fully saturated rings. The molecule has 0 aliphatic rings. The molecule has 126 valence electrons. The van der Waals surface area contributed by atoms with Crippen LogP contribution in [0.2, 0.25) is 0 Å². The van der Waals surface area contributed by atoms with Crippen molar-refractivity contribution in [3.63, 3.8) is 0 Å². The molecule has 0 bridgehead atoms. The van der Waals surface area contributed by atoms with E-state index in [2.05, 4.69) is 15.8 Å². The summed E-state index contributed by atoms with van der Waals surface area (Å²) in [5, 5.41) is 16.7. The van der Waals surface area contributed by atoms with Gasteiger partial charge in [0, 0.05) is 5.69 Å². The van der Waals surface area contributed by atoms with Gasteiger partial charge < -0.3 is 15.2 Å². The van der Waals surface area contributed by atoms with E-state index in [1.165, 1.54) is 13.3 Å². The Morgan fingerprint density at radius 2 is 2.17 bits per heavy atom. The molecule has 0 radical (unpaired) electrons. The number of benzene rings is 2. The van der Waals surface area contributed by atoms with Gasteiger partial charge in [-0.15, -0.1) is 0 Å². The molecule has 0 atom stereocenters. The summed E-state index contributed by atoms with van der Waals surface area (Å²) in [5.41, 5.74) is 5.16. The number of ether oxygens (including phenoxy) is 1. The number of nitrogens with zero attached hydrogens (tertiary/aromatic N) is 1. The van der Waals surface area contributed by atoms with Gasteiger partial charge in [-0.25, -0.2) is 5.43 Å². The average molecular weight is 439 g/mol. The molecule has 0 spiro atoms. The second-order valence-electron chi connectivity index (χ2n) is 5.07. The minimum Gasteiger partial charge on any atom is -0.504 e. The Balaban J connectivity index is 1.89. The van der Waals surface area contributed by atoms with E-state index in [-0.39, 0.29) is 18.2 Å². The van der Waals surface area contributed by atoms with Gasteiger partial charge in [-0.1, -0.05) is 12.1 Å². The molecular weight excluding hydrogens is 421 g/mol. The Hall–Kier alpha value is -2.29. The lowest BCUT2D eigenvalue weighted by molar-refractivity contribution is -0.119. The molecule has 6 nitrogen and oxygen atoms in total. The molecule has 0 saturated carbocycles. The summed E-state index contributed by atoms with van der Waals surface area (Å²) in [6, 6.07) is 11.1. The van der Waals surface area contributed by atoms with Crippen molar-refractivity contribution >= 4 is 40.4 Å². The number of nitrogens with one attached hydrogen (secondary N) is 2. The zero-order valence-corrected chi connectivity index (χ0v) is 15.5. The highest BCUT2D eigenvalue weighted by atomic mass is 127. The van der Waals surface area contributed by atoms with E-state index >= 15 is 0 Å². The summed E-state index contributed by atoms with van der Waals surface area (Å²) in [6.07, 6.45) is 1.49. The van der Waals surface area contributed by atoms with E-state index in [1.807, 2.05) is 53.8 Å². The molecule has 0 aliphatic heterocycles. The zero-order valence-electron chi connectivity index (χ0n) is 13.3. The summed E-state index contributed by atoms with van der Waals surface area (Å²) in [5.74, 6) is 0.186. The van der Waals surface area contributed by atoms with Gasteiger partial charge in [0.05, 0.1) is 23.4 Å². The molecular formula is C17H18IN3O3. The minimum absolute atomic E-state index is 0.0849. The lowest BCUT2D eigenvalue weighted by atomic mass is 10.2. The molecule has 3 N–H and O–H groups in total. The van der Waals surface area contributed by atoms with Crippen molar-refractivity contribution in [1.29, 1.82) is 0 Å². The summed E-state index contributed by atoms with van der Waals surface area (Å²) >= 11 is 2.00. The fraction of sp³-hybridized carbons (Fsp3) is 0.176. The molecule has 2 rings (SSSR count). The van der Waals surface area contributed by atoms with Crippen LogP contribution in [0.5, 0.6) is 11.5 Å². The van der Waals surface area contributed by atoms with E-state index in [4.69, 9.17) is 4.74 Å². The molecule has 7 heteroatoms. The second-order valence-corrected chi connectivity index (χ2v) is 6.23. The molecule has 0 saturated heterocycles. The van der Waals surface area contributed by atoms with Crippen LogP contribution in [0.4, 0.5) is 5.69 Å². The smallest absolute Gasteiger partial charge is 0.259 e. The quantitative estimate of drug-likeness (QED) is 0.367. The van der Waals surface area contributed by atoms with Gasteiger partial charge in [0.1, 0.15) is 0 Å². The first kappa shape index (κ1) is 18.1. The third-order valence-corrected chi connectivity index (χ3v) is 3.97. The Labute approximate surface area is 154 Å². The minimum atomic E-state index is -0.256. The number of aromatic hydroxyl groups is 1. The number of hydrogen-bond acceptors (Lipinski definition) is 5. The number of hydrogen-bond donors (Lipinski definition) is 3. The van der Waals surface area contributed by atoms with Crippen molar-refractivity contribution in [3.05, 3.63) is 51.1 Å². The number of phenols is 1. The maximum atomic E-state index is 11.8. The zero-order chi connectivity index (χ0) is 17.5.